The molecule has 124 valence electrons. The van der Waals surface area contributed by atoms with Crippen LogP contribution < -0.4 is 4.74 Å². The van der Waals surface area contributed by atoms with E-state index in [4.69, 9.17) is 9.15 Å². The first kappa shape index (κ1) is 16.2. The number of amides is 1. The van der Waals surface area contributed by atoms with Crippen molar-refractivity contribution in [2.75, 3.05) is 7.05 Å². The molecule has 0 saturated heterocycles. The molecule has 24 heavy (non-hydrogen) atoms. The van der Waals surface area contributed by atoms with Crippen molar-refractivity contribution in [3.63, 3.8) is 0 Å². The standard InChI is InChI=1S/C17H17N3O3S/c1-12-16(19-24-18-12)11-23-14-6-3-5-13(9-14)17(21)20(2)10-15-7-4-8-22-15/h3-9H,10-11H2,1-2H3. The number of hydrogen-bond donors (Lipinski definition) is 0. The fraction of sp³-hybridized carbons (Fsp3) is 0.235. The second-order valence-corrected chi connectivity index (χ2v) is 5.88. The summed E-state index contributed by atoms with van der Waals surface area (Å²) in [6.45, 7) is 2.65. The van der Waals surface area contributed by atoms with Gasteiger partial charge in [0.05, 0.1) is 30.2 Å². The summed E-state index contributed by atoms with van der Waals surface area (Å²) in [4.78, 5) is 14.1. The highest BCUT2D eigenvalue weighted by molar-refractivity contribution is 6.99. The molecule has 0 aliphatic carbocycles. The maximum Gasteiger partial charge on any atom is 0.254 e. The Morgan fingerprint density at radius 2 is 2.17 bits per heavy atom. The number of nitrogens with zero attached hydrogens (tertiary/aromatic N) is 3. The maximum absolute atomic E-state index is 12.5. The molecule has 7 heteroatoms. The van der Waals surface area contributed by atoms with Gasteiger partial charge in [-0.1, -0.05) is 6.07 Å². The van der Waals surface area contributed by atoms with Crippen molar-refractivity contribution < 1.29 is 13.9 Å². The minimum absolute atomic E-state index is 0.0941. The predicted molar refractivity (Wildman–Crippen MR) is 89.9 cm³/mol. The summed E-state index contributed by atoms with van der Waals surface area (Å²) in [5.41, 5.74) is 2.24. The molecule has 0 unspecified atom stereocenters. The zero-order valence-corrected chi connectivity index (χ0v) is 14.2. The number of ether oxygens (including phenoxy) is 1. The minimum atomic E-state index is -0.0941. The zero-order valence-electron chi connectivity index (χ0n) is 13.4. The van der Waals surface area contributed by atoms with E-state index in [1.807, 2.05) is 19.1 Å². The zero-order chi connectivity index (χ0) is 16.9. The minimum Gasteiger partial charge on any atom is -0.487 e. The summed E-state index contributed by atoms with van der Waals surface area (Å²) in [5.74, 6) is 1.27. The summed E-state index contributed by atoms with van der Waals surface area (Å²) in [6.07, 6.45) is 1.59. The van der Waals surface area contributed by atoms with Gasteiger partial charge in [-0.15, -0.1) is 0 Å². The fourth-order valence-electron chi connectivity index (χ4n) is 2.18. The lowest BCUT2D eigenvalue weighted by molar-refractivity contribution is 0.0775. The Labute approximate surface area is 144 Å². The molecular weight excluding hydrogens is 326 g/mol. The average molecular weight is 343 g/mol. The topological polar surface area (TPSA) is 68.5 Å². The SMILES string of the molecule is Cc1nsnc1COc1cccc(C(=O)N(C)Cc2ccco2)c1. The smallest absolute Gasteiger partial charge is 0.254 e. The van der Waals surface area contributed by atoms with E-state index in [1.165, 1.54) is 11.7 Å². The van der Waals surface area contributed by atoms with Crippen molar-refractivity contribution in [2.24, 2.45) is 0 Å². The number of aromatic nitrogens is 2. The number of rotatable bonds is 6. The van der Waals surface area contributed by atoms with Gasteiger partial charge in [-0.2, -0.15) is 8.75 Å². The average Bonchev–Trinajstić information content (AvgIpc) is 3.24. The van der Waals surface area contributed by atoms with Crippen LogP contribution in [0.15, 0.2) is 47.1 Å². The predicted octanol–water partition coefficient (Wildman–Crippen LogP) is 3.29. The largest absolute Gasteiger partial charge is 0.487 e. The third-order valence-electron chi connectivity index (χ3n) is 3.52. The maximum atomic E-state index is 12.5. The van der Waals surface area contributed by atoms with Crippen molar-refractivity contribution >= 4 is 17.6 Å². The first-order valence-electron chi connectivity index (χ1n) is 7.42. The number of carbonyl (C=O) groups is 1. The van der Waals surface area contributed by atoms with Crippen LogP contribution in [0.1, 0.15) is 27.5 Å². The van der Waals surface area contributed by atoms with Gasteiger partial charge in [0.2, 0.25) is 0 Å². The molecule has 3 rings (SSSR count). The van der Waals surface area contributed by atoms with Crippen LogP contribution >= 0.6 is 11.7 Å². The molecule has 1 amide bonds. The van der Waals surface area contributed by atoms with Gasteiger partial charge in [0.15, 0.2) is 0 Å². The summed E-state index contributed by atoms with van der Waals surface area (Å²) < 4.78 is 19.3. The highest BCUT2D eigenvalue weighted by Crippen LogP contribution is 2.17. The monoisotopic (exact) mass is 343 g/mol. The number of furan rings is 1. The molecule has 0 saturated carbocycles. The van der Waals surface area contributed by atoms with Crippen LogP contribution in [0.25, 0.3) is 0 Å². The molecular formula is C17H17N3O3S. The van der Waals surface area contributed by atoms with Crippen LogP contribution in [-0.2, 0) is 13.2 Å². The molecule has 2 aromatic heterocycles. The van der Waals surface area contributed by atoms with Crippen LogP contribution in [0.3, 0.4) is 0 Å². The third kappa shape index (κ3) is 3.80. The van der Waals surface area contributed by atoms with E-state index < -0.39 is 0 Å². The number of hydrogen-bond acceptors (Lipinski definition) is 6. The van der Waals surface area contributed by atoms with E-state index in [2.05, 4.69) is 8.75 Å². The van der Waals surface area contributed by atoms with Crippen molar-refractivity contribution in [3.8, 4) is 5.75 Å². The van der Waals surface area contributed by atoms with Gasteiger partial charge in [-0.25, -0.2) is 0 Å². The lowest BCUT2D eigenvalue weighted by Crippen LogP contribution is -2.25. The molecule has 0 aliphatic heterocycles. The molecule has 0 atom stereocenters. The molecule has 2 heterocycles. The van der Waals surface area contributed by atoms with Crippen molar-refractivity contribution in [1.82, 2.24) is 13.6 Å². The Morgan fingerprint density at radius 1 is 1.29 bits per heavy atom. The summed E-state index contributed by atoms with van der Waals surface area (Å²) in [6, 6.07) is 10.8. The number of benzene rings is 1. The molecule has 6 nitrogen and oxygen atoms in total. The number of aryl methyl sites for hydroxylation is 1. The molecule has 1 aromatic carbocycles. The van der Waals surface area contributed by atoms with E-state index in [1.54, 1.807) is 42.5 Å². The summed E-state index contributed by atoms with van der Waals surface area (Å²) in [5, 5.41) is 0. The van der Waals surface area contributed by atoms with Crippen LogP contribution in [0.2, 0.25) is 0 Å². The molecule has 3 aromatic rings. The van der Waals surface area contributed by atoms with Gasteiger partial charge in [0.25, 0.3) is 5.91 Å². The van der Waals surface area contributed by atoms with Crippen molar-refractivity contribution in [3.05, 3.63) is 65.4 Å². The first-order chi connectivity index (χ1) is 11.6. The van der Waals surface area contributed by atoms with Gasteiger partial charge < -0.3 is 14.1 Å². The fourth-order valence-corrected chi connectivity index (χ4v) is 2.73. The second-order valence-electron chi connectivity index (χ2n) is 5.35. The Balaban J connectivity index is 1.65. The van der Waals surface area contributed by atoms with Crippen LogP contribution in [0.4, 0.5) is 0 Å². The van der Waals surface area contributed by atoms with Crippen LogP contribution in [0, 0.1) is 6.92 Å². The Morgan fingerprint density at radius 3 is 2.88 bits per heavy atom. The lowest BCUT2D eigenvalue weighted by Gasteiger charge is -2.16. The van der Waals surface area contributed by atoms with E-state index in [0.717, 1.165) is 17.1 Å². The summed E-state index contributed by atoms with van der Waals surface area (Å²) >= 11 is 1.17. The molecule has 0 bridgehead atoms. The molecule has 0 radical (unpaired) electrons. The quantitative estimate of drug-likeness (QED) is 0.687. The molecule has 0 fully saturated rings. The number of carbonyl (C=O) groups excluding carboxylic acids is 1. The van der Waals surface area contributed by atoms with Gasteiger partial charge in [-0.3, -0.25) is 4.79 Å². The van der Waals surface area contributed by atoms with Gasteiger partial charge in [0.1, 0.15) is 23.8 Å². The van der Waals surface area contributed by atoms with Crippen molar-refractivity contribution in [1.29, 1.82) is 0 Å². The van der Waals surface area contributed by atoms with Gasteiger partial charge in [-0.05, 0) is 37.3 Å². The third-order valence-corrected chi connectivity index (χ3v) is 4.18. The Bertz CT molecular complexity index is 814. The van der Waals surface area contributed by atoms with E-state index in [9.17, 15) is 4.79 Å². The Hall–Kier alpha value is -2.67. The molecule has 0 aliphatic rings. The van der Waals surface area contributed by atoms with E-state index >= 15 is 0 Å². The van der Waals surface area contributed by atoms with Gasteiger partial charge >= 0.3 is 0 Å². The van der Waals surface area contributed by atoms with Crippen molar-refractivity contribution in [2.45, 2.75) is 20.1 Å². The van der Waals surface area contributed by atoms with Crippen LogP contribution in [0.5, 0.6) is 5.75 Å². The highest BCUT2D eigenvalue weighted by Gasteiger charge is 2.14. The normalized spacial score (nSPS) is 10.6. The Kier molecular flexibility index (Phi) is 4.90. The summed E-state index contributed by atoms with van der Waals surface area (Å²) in [7, 11) is 1.74. The van der Waals surface area contributed by atoms with E-state index in [-0.39, 0.29) is 5.91 Å². The molecule has 0 N–H and O–H groups in total. The van der Waals surface area contributed by atoms with Crippen LogP contribution in [-0.4, -0.2) is 26.6 Å². The molecule has 0 spiro atoms. The highest BCUT2D eigenvalue weighted by atomic mass is 32.1. The second kappa shape index (κ2) is 7.27. The van der Waals surface area contributed by atoms with E-state index in [0.29, 0.717) is 24.5 Å². The van der Waals surface area contributed by atoms with Gasteiger partial charge in [0, 0.05) is 12.6 Å². The lowest BCUT2D eigenvalue weighted by atomic mass is 10.2. The first-order valence-corrected chi connectivity index (χ1v) is 8.15.